The number of fused-ring (bicyclic) bond motifs is 7. The minimum Gasteiger partial charge on any atom is -0.459 e. The smallest absolute Gasteiger partial charge is 0.308 e. The average Bonchev–Trinajstić information content (AvgIpc) is 3.74. The number of hydrogen-bond acceptors (Lipinski definition) is 13. The summed E-state index contributed by atoms with van der Waals surface area (Å²) < 4.78 is 66.7. The summed E-state index contributed by atoms with van der Waals surface area (Å²) in [5.41, 5.74) is 2.12. The van der Waals surface area contributed by atoms with Crippen LogP contribution in [0.2, 0.25) is 0 Å². The lowest BCUT2D eigenvalue weighted by molar-refractivity contribution is -0.293. The molecule has 12 bridgehead atoms. The first-order valence-corrected chi connectivity index (χ1v) is 21.2. The maximum atomic E-state index is 14.0. The summed E-state index contributed by atoms with van der Waals surface area (Å²) in [7, 11) is 0. The molecule has 11 fully saturated rings. The van der Waals surface area contributed by atoms with Crippen molar-refractivity contribution < 1.29 is 62.1 Å². The first kappa shape index (κ1) is 37.5. The molecule has 11 rings (SSSR count). The van der Waals surface area contributed by atoms with Gasteiger partial charge in [0.15, 0.2) is 5.79 Å². The van der Waals surface area contributed by atoms with Crippen molar-refractivity contribution in [1.82, 2.24) is 0 Å². The van der Waals surface area contributed by atoms with E-state index < -0.39 is 54.6 Å². The summed E-state index contributed by atoms with van der Waals surface area (Å²) in [5.74, 6) is -1.24. The Morgan fingerprint density at radius 3 is 2.29 bits per heavy atom. The van der Waals surface area contributed by atoms with Crippen LogP contribution in [0.4, 0.5) is 0 Å². The van der Waals surface area contributed by atoms with E-state index in [1.165, 1.54) is 0 Å². The van der Waals surface area contributed by atoms with Crippen LogP contribution in [0.3, 0.4) is 0 Å². The van der Waals surface area contributed by atoms with Gasteiger partial charge in [-0.1, -0.05) is 27.0 Å². The molecule has 0 radical (unpaired) electrons. The second-order valence-corrected chi connectivity index (χ2v) is 18.4. The molecule has 0 saturated carbocycles. The third-order valence-corrected chi connectivity index (χ3v) is 14.7. The lowest BCUT2D eigenvalue weighted by Gasteiger charge is -2.51. The Bertz CT molecular complexity index is 1520. The zero-order valence-corrected chi connectivity index (χ0v) is 32.1. The Morgan fingerprint density at radius 1 is 0.691 bits per heavy atom. The van der Waals surface area contributed by atoms with E-state index in [0.29, 0.717) is 32.1 Å². The normalized spacial score (nSPS) is 54.9. The van der Waals surface area contributed by atoms with Crippen molar-refractivity contribution in [1.29, 1.82) is 0 Å². The Kier molecular flexibility index (Phi) is 9.88. The quantitative estimate of drug-likeness (QED) is 0.247. The second-order valence-electron chi connectivity index (χ2n) is 18.4. The van der Waals surface area contributed by atoms with E-state index in [-0.39, 0.29) is 91.7 Å². The topological polar surface area (TPSA) is 147 Å². The number of aliphatic hydroxyl groups is 1. The van der Waals surface area contributed by atoms with Crippen LogP contribution in [0, 0.1) is 11.8 Å². The van der Waals surface area contributed by atoms with Gasteiger partial charge in [0.2, 0.25) is 0 Å². The molecule has 11 saturated heterocycles. The van der Waals surface area contributed by atoms with E-state index in [2.05, 4.69) is 20.1 Å². The number of aldehydes is 1. The molecule has 11 aliphatic heterocycles. The van der Waals surface area contributed by atoms with Gasteiger partial charge in [0.1, 0.15) is 42.9 Å². The summed E-state index contributed by atoms with van der Waals surface area (Å²) >= 11 is 0. The first-order chi connectivity index (χ1) is 26.5. The van der Waals surface area contributed by atoms with Crippen molar-refractivity contribution in [2.75, 3.05) is 0 Å². The highest BCUT2D eigenvalue weighted by atomic mass is 16.8. The molecule has 13 nitrogen and oxygen atoms in total. The molecule has 0 aromatic carbocycles. The fraction of sp³-hybridized carbons (Fsp3) is 0.857. The summed E-state index contributed by atoms with van der Waals surface area (Å²) in [6.45, 7) is 13.1. The van der Waals surface area contributed by atoms with Crippen LogP contribution in [0.25, 0.3) is 0 Å². The Labute approximate surface area is 323 Å². The predicted molar refractivity (Wildman–Crippen MR) is 192 cm³/mol. The molecule has 55 heavy (non-hydrogen) atoms. The van der Waals surface area contributed by atoms with Crippen LogP contribution in [0.5, 0.6) is 0 Å². The predicted octanol–water partition coefficient (Wildman–Crippen LogP) is 3.79. The molecule has 304 valence electrons. The van der Waals surface area contributed by atoms with Crippen LogP contribution in [-0.4, -0.2) is 133 Å². The molecule has 0 aromatic heterocycles. The highest BCUT2D eigenvalue weighted by Gasteiger charge is 2.69. The molecule has 11 aliphatic rings. The standard InChI is InChI=1S/C42H58O13/c1-19-13-23-5-7-27-20(2)14-25(46-27)9-11-42-18-33-38(54-42)39-40(52-33)41(55-42)37-29(51-39)8-6-24(48-37)15-34(45)53-36-22(4)35-31(16-26(44)28(50-35)10-12-43)49-32(36)17-30(47-23)21(19)3/h12,19,22-33,35-41,44H,2-3,5-11,13-18H2,1,4H3/t19-,22+,23+,24-,25+,26-,27+,28-,29+,30-,31+,32+,33?,35+,36-,37+,38+,39+,40-,41+,42+/m1/s1. The summed E-state index contributed by atoms with van der Waals surface area (Å²) in [6.07, 6.45) is 2.37. The Morgan fingerprint density at radius 2 is 1.44 bits per heavy atom. The van der Waals surface area contributed by atoms with Crippen molar-refractivity contribution in [3.8, 4) is 0 Å². The number of aliphatic hydroxyl groups excluding tert-OH is 1. The number of carbonyl (C=O) groups excluding carboxylic acids is 2. The average molecular weight is 771 g/mol. The lowest BCUT2D eigenvalue weighted by atomic mass is 9.79. The fourth-order valence-electron chi connectivity index (χ4n) is 11.8. The zero-order valence-electron chi connectivity index (χ0n) is 32.1. The van der Waals surface area contributed by atoms with Crippen molar-refractivity contribution in [2.24, 2.45) is 11.8 Å². The first-order valence-electron chi connectivity index (χ1n) is 21.2. The molecular formula is C42H58O13. The summed E-state index contributed by atoms with van der Waals surface area (Å²) in [5, 5.41) is 10.9. The van der Waals surface area contributed by atoms with E-state index in [0.717, 1.165) is 56.0 Å². The van der Waals surface area contributed by atoms with Crippen molar-refractivity contribution in [3.63, 3.8) is 0 Å². The molecule has 11 heterocycles. The van der Waals surface area contributed by atoms with Crippen LogP contribution >= 0.6 is 0 Å². The molecule has 21 atom stereocenters. The highest BCUT2D eigenvalue weighted by Crippen LogP contribution is 2.54. The number of esters is 1. The molecule has 1 N–H and O–H groups in total. The van der Waals surface area contributed by atoms with E-state index in [1.807, 2.05) is 6.92 Å². The van der Waals surface area contributed by atoms with Crippen LogP contribution in [0.1, 0.15) is 97.3 Å². The number of carbonyl (C=O) groups is 2. The van der Waals surface area contributed by atoms with Crippen LogP contribution in [0.15, 0.2) is 24.3 Å². The van der Waals surface area contributed by atoms with Crippen molar-refractivity contribution in [2.45, 2.75) is 213 Å². The van der Waals surface area contributed by atoms with Gasteiger partial charge in [0.05, 0.1) is 79.7 Å². The molecular weight excluding hydrogens is 712 g/mol. The number of ether oxygens (including phenoxy) is 10. The van der Waals surface area contributed by atoms with E-state index in [9.17, 15) is 14.7 Å². The van der Waals surface area contributed by atoms with Gasteiger partial charge in [-0.2, -0.15) is 0 Å². The third kappa shape index (κ3) is 6.70. The van der Waals surface area contributed by atoms with Gasteiger partial charge in [-0.05, 0) is 62.0 Å². The molecule has 13 heteroatoms. The van der Waals surface area contributed by atoms with Gasteiger partial charge in [0.25, 0.3) is 0 Å². The largest absolute Gasteiger partial charge is 0.459 e. The summed E-state index contributed by atoms with van der Waals surface area (Å²) in [6, 6.07) is 0. The highest BCUT2D eigenvalue weighted by molar-refractivity contribution is 5.70. The van der Waals surface area contributed by atoms with Crippen molar-refractivity contribution >= 4 is 12.3 Å². The lowest BCUT2D eigenvalue weighted by Crippen LogP contribution is -2.62. The van der Waals surface area contributed by atoms with Crippen LogP contribution < -0.4 is 0 Å². The summed E-state index contributed by atoms with van der Waals surface area (Å²) in [4.78, 5) is 25.5. The van der Waals surface area contributed by atoms with Gasteiger partial charge in [0, 0.05) is 38.0 Å². The SMILES string of the molecule is C=C1C[C@@H]2CC[C@@]34CC5O[C@H]6[C@@H](O3)[C@H]3O[C@H](CC[C@@H]3O[C@H]6[C@H]5O4)CC(=O)O[C@@H]3[C@@H](C)[C@@H]4O[C@H](CC=O)[C@H](O)C[C@@H]4O[C@H]3C[C@H]3O[C@@H](CC[C@@H]1O2)C[C@@H](C)C3=C. The molecule has 0 amide bonds. The van der Waals surface area contributed by atoms with E-state index >= 15 is 0 Å². The molecule has 0 aliphatic carbocycles. The van der Waals surface area contributed by atoms with Gasteiger partial charge in [-0.3, -0.25) is 4.79 Å². The van der Waals surface area contributed by atoms with Gasteiger partial charge >= 0.3 is 5.97 Å². The minimum absolute atomic E-state index is 0.00658. The van der Waals surface area contributed by atoms with Gasteiger partial charge in [-0.25, -0.2) is 0 Å². The molecule has 0 aromatic rings. The maximum Gasteiger partial charge on any atom is 0.308 e. The Balaban J connectivity index is 0.936. The third-order valence-electron chi connectivity index (χ3n) is 14.7. The molecule has 1 spiro atoms. The van der Waals surface area contributed by atoms with E-state index in [1.54, 1.807) is 0 Å². The minimum atomic E-state index is -0.840. The molecule has 1 unspecified atom stereocenters. The Hall–Kier alpha value is -1.78. The second kappa shape index (κ2) is 14.5. The zero-order chi connectivity index (χ0) is 37.7. The van der Waals surface area contributed by atoms with E-state index in [4.69, 9.17) is 47.4 Å². The number of rotatable bonds is 2. The van der Waals surface area contributed by atoms with Gasteiger partial charge in [-0.15, -0.1) is 0 Å². The van der Waals surface area contributed by atoms with Gasteiger partial charge < -0.3 is 57.3 Å². The maximum absolute atomic E-state index is 14.0. The monoisotopic (exact) mass is 770 g/mol. The number of hydrogen-bond donors (Lipinski definition) is 1. The fourth-order valence-corrected chi connectivity index (χ4v) is 11.8. The van der Waals surface area contributed by atoms with Crippen LogP contribution in [-0.2, 0) is 57.0 Å². The van der Waals surface area contributed by atoms with Crippen molar-refractivity contribution in [3.05, 3.63) is 24.3 Å².